The molecular formula is C18H23N5O. The summed E-state index contributed by atoms with van der Waals surface area (Å²) in [6.45, 7) is 8.07. The zero-order valence-corrected chi connectivity index (χ0v) is 14.5. The first kappa shape index (κ1) is 16.2. The van der Waals surface area contributed by atoms with Crippen molar-refractivity contribution in [3.05, 3.63) is 47.7 Å². The summed E-state index contributed by atoms with van der Waals surface area (Å²) in [5, 5.41) is 12.2. The Balaban J connectivity index is 1.75. The molecule has 1 aromatic carbocycles. The highest BCUT2D eigenvalue weighted by atomic mass is 16.1. The van der Waals surface area contributed by atoms with E-state index in [0.717, 1.165) is 28.0 Å². The van der Waals surface area contributed by atoms with Crippen molar-refractivity contribution in [1.82, 2.24) is 25.1 Å². The Bertz CT molecular complexity index is 861. The zero-order valence-electron chi connectivity index (χ0n) is 14.5. The summed E-state index contributed by atoms with van der Waals surface area (Å²) in [6, 6.07) is 8.11. The molecule has 0 unspecified atom stereocenters. The number of aryl methyl sites for hydroxylation is 1. The number of hydrogen-bond acceptors (Lipinski definition) is 3. The van der Waals surface area contributed by atoms with E-state index in [1.807, 2.05) is 42.7 Å². The molecule has 1 atom stereocenters. The Morgan fingerprint density at radius 3 is 2.79 bits per heavy atom. The largest absolute Gasteiger partial charge is 0.358 e. The van der Waals surface area contributed by atoms with Crippen LogP contribution < -0.4 is 5.32 Å². The molecule has 2 aromatic heterocycles. The van der Waals surface area contributed by atoms with Gasteiger partial charge in [0.05, 0.1) is 12.5 Å². The normalized spacial score (nSPS) is 12.7. The quantitative estimate of drug-likeness (QED) is 0.757. The molecule has 3 aromatic rings. The fourth-order valence-corrected chi connectivity index (χ4v) is 3.04. The lowest BCUT2D eigenvalue weighted by Crippen LogP contribution is -2.30. The van der Waals surface area contributed by atoms with E-state index in [2.05, 4.69) is 34.3 Å². The van der Waals surface area contributed by atoms with Crippen molar-refractivity contribution in [3.63, 3.8) is 0 Å². The van der Waals surface area contributed by atoms with Crippen molar-refractivity contribution in [1.29, 1.82) is 0 Å². The van der Waals surface area contributed by atoms with E-state index in [1.54, 1.807) is 6.33 Å². The number of carbonyl (C=O) groups is 1. The molecule has 0 saturated carbocycles. The van der Waals surface area contributed by atoms with Gasteiger partial charge in [-0.05, 0) is 39.3 Å². The van der Waals surface area contributed by atoms with E-state index in [0.29, 0.717) is 6.42 Å². The van der Waals surface area contributed by atoms with Gasteiger partial charge in [-0.15, -0.1) is 10.2 Å². The van der Waals surface area contributed by atoms with Crippen LogP contribution in [-0.4, -0.2) is 25.7 Å². The molecule has 6 nitrogen and oxygen atoms in total. The van der Waals surface area contributed by atoms with Crippen LogP contribution in [0.3, 0.4) is 0 Å². The second kappa shape index (κ2) is 6.47. The van der Waals surface area contributed by atoms with E-state index in [9.17, 15) is 4.79 Å². The SMILES string of the molecule is Cc1[nH]c2ccccc2c1CC(=O)N[C@@H](C)c1nncn1C(C)C. The molecule has 24 heavy (non-hydrogen) atoms. The van der Waals surface area contributed by atoms with Crippen LogP contribution in [-0.2, 0) is 11.2 Å². The number of hydrogen-bond donors (Lipinski definition) is 2. The van der Waals surface area contributed by atoms with E-state index in [1.165, 1.54) is 0 Å². The fourth-order valence-electron chi connectivity index (χ4n) is 3.04. The number of nitrogens with one attached hydrogen (secondary N) is 2. The minimum Gasteiger partial charge on any atom is -0.358 e. The van der Waals surface area contributed by atoms with Gasteiger partial charge in [0, 0.05) is 22.6 Å². The summed E-state index contributed by atoms with van der Waals surface area (Å²) in [5.74, 6) is 0.752. The van der Waals surface area contributed by atoms with E-state index in [-0.39, 0.29) is 18.0 Å². The molecule has 0 bridgehead atoms. The molecule has 3 rings (SSSR count). The van der Waals surface area contributed by atoms with Crippen molar-refractivity contribution < 1.29 is 4.79 Å². The highest BCUT2D eigenvalue weighted by Gasteiger charge is 2.18. The maximum Gasteiger partial charge on any atom is 0.225 e. The van der Waals surface area contributed by atoms with Gasteiger partial charge in [0.15, 0.2) is 5.82 Å². The average Bonchev–Trinajstić information content (AvgIpc) is 3.13. The molecule has 0 aliphatic heterocycles. The Morgan fingerprint density at radius 2 is 2.04 bits per heavy atom. The highest BCUT2D eigenvalue weighted by Crippen LogP contribution is 2.22. The summed E-state index contributed by atoms with van der Waals surface area (Å²) in [5.41, 5.74) is 3.13. The van der Waals surface area contributed by atoms with Crippen LogP contribution in [0.15, 0.2) is 30.6 Å². The first-order chi connectivity index (χ1) is 11.5. The molecule has 0 saturated heterocycles. The maximum atomic E-state index is 12.5. The smallest absolute Gasteiger partial charge is 0.225 e. The maximum absolute atomic E-state index is 12.5. The zero-order chi connectivity index (χ0) is 17.3. The third kappa shape index (κ3) is 3.04. The molecule has 2 N–H and O–H groups in total. The number of aromatic amines is 1. The van der Waals surface area contributed by atoms with Crippen LogP contribution in [0.25, 0.3) is 10.9 Å². The van der Waals surface area contributed by atoms with Crippen molar-refractivity contribution in [2.24, 2.45) is 0 Å². The number of aromatic nitrogens is 4. The second-order valence-corrected chi connectivity index (χ2v) is 6.43. The third-order valence-corrected chi connectivity index (χ3v) is 4.29. The van der Waals surface area contributed by atoms with Gasteiger partial charge in [0.25, 0.3) is 0 Å². The van der Waals surface area contributed by atoms with Crippen molar-refractivity contribution in [2.75, 3.05) is 0 Å². The molecule has 0 fully saturated rings. The summed E-state index contributed by atoms with van der Waals surface area (Å²) < 4.78 is 1.97. The number of benzene rings is 1. The van der Waals surface area contributed by atoms with Crippen LogP contribution in [0.2, 0.25) is 0 Å². The van der Waals surface area contributed by atoms with Gasteiger partial charge in [-0.1, -0.05) is 18.2 Å². The monoisotopic (exact) mass is 325 g/mol. The average molecular weight is 325 g/mol. The van der Waals surface area contributed by atoms with Crippen LogP contribution in [0.1, 0.15) is 49.9 Å². The Labute approximate surface area is 141 Å². The number of carbonyl (C=O) groups excluding carboxylic acids is 1. The number of para-hydroxylation sites is 1. The van der Waals surface area contributed by atoms with Crippen LogP contribution in [0.4, 0.5) is 0 Å². The number of rotatable bonds is 5. The summed E-state index contributed by atoms with van der Waals surface area (Å²) in [4.78, 5) is 15.8. The molecule has 126 valence electrons. The van der Waals surface area contributed by atoms with Gasteiger partial charge in [0.2, 0.25) is 5.91 Å². The van der Waals surface area contributed by atoms with Gasteiger partial charge >= 0.3 is 0 Å². The van der Waals surface area contributed by atoms with E-state index in [4.69, 9.17) is 0 Å². The summed E-state index contributed by atoms with van der Waals surface area (Å²) in [7, 11) is 0. The topological polar surface area (TPSA) is 75.6 Å². The summed E-state index contributed by atoms with van der Waals surface area (Å²) in [6.07, 6.45) is 2.04. The van der Waals surface area contributed by atoms with Crippen LogP contribution in [0, 0.1) is 6.92 Å². The lowest BCUT2D eigenvalue weighted by atomic mass is 10.1. The summed E-state index contributed by atoms with van der Waals surface area (Å²) >= 11 is 0. The van der Waals surface area contributed by atoms with Gasteiger partial charge < -0.3 is 14.9 Å². The highest BCUT2D eigenvalue weighted by molar-refractivity contribution is 5.90. The second-order valence-electron chi connectivity index (χ2n) is 6.43. The molecule has 1 amide bonds. The molecule has 0 aliphatic rings. The first-order valence-electron chi connectivity index (χ1n) is 8.22. The van der Waals surface area contributed by atoms with Crippen molar-refractivity contribution >= 4 is 16.8 Å². The number of fused-ring (bicyclic) bond motifs is 1. The minimum absolute atomic E-state index is 0.0198. The molecule has 6 heteroatoms. The number of H-pyrrole nitrogens is 1. The van der Waals surface area contributed by atoms with Crippen LogP contribution >= 0.6 is 0 Å². The van der Waals surface area contributed by atoms with Gasteiger partial charge in [-0.2, -0.15) is 0 Å². The van der Waals surface area contributed by atoms with Crippen molar-refractivity contribution in [3.8, 4) is 0 Å². The lowest BCUT2D eigenvalue weighted by molar-refractivity contribution is -0.121. The Morgan fingerprint density at radius 1 is 1.29 bits per heavy atom. The molecular weight excluding hydrogens is 302 g/mol. The number of nitrogens with zero attached hydrogens (tertiary/aromatic N) is 3. The van der Waals surface area contributed by atoms with Gasteiger partial charge in [-0.3, -0.25) is 4.79 Å². The predicted molar refractivity (Wildman–Crippen MR) is 93.7 cm³/mol. The van der Waals surface area contributed by atoms with Crippen molar-refractivity contribution in [2.45, 2.75) is 46.2 Å². The standard InChI is InChI=1S/C18H23N5O/c1-11(2)23-10-19-22-18(23)13(4)21-17(24)9-15-12(3)20-16-8-6-5-7-14(15)16/h5-8,10-11,13,20H,9H2,1-4H3,(H,21,24)/t13-/m0/s1. The van der Waals surface area contributed by atoms with Gasteiger partial charge in [0.1, 0.15) is 6.33 Å². The molecule has 0 aliphatic carbocycles. The fraction of sp³-hybridized carbons (Fsp3) is 0.389. The van der Waals surface area contributed by atoms with E-state index >= 15 is 0 Å². The first-order valence-corrected chi connectivity index (χ1v) is 8.22. The number of amides is 1. The lowest BCUT2D eigenvalue weighted by Gasteiger charge is -2.17. The van der Waals surface area contributed by atoms with Crippen LogP contribution in [0.5, 0.6) is 0 Å². The molecule has 0 spiro atoms. The van der Waals surface area contributed by atoms with E-state index < -0.39 is 0 Å². The molecule has 0 radical (unpaired) electrons. The minimum atomic E-state index is -0.187. The Kier molecular flexibility index (Phi) is 4.38. The molecule has 2 heterocycles. The Hall–Kier alpha value is -2.63. The van der Waals surface area contributed by atoms with Gasteiger partial charge in [-0.25, -0.2) is 0 Å². The predicted octanol–water partition coefficient (Wildman–Crippen LogP) is 3.07. The third-order valence-electron chi connectivity index (χ3n) is 4.29.